The number of para-hydroxylation sites is 2. The molecule has 5 nitrogen and oxygen atoms in total. The molecule has 0 radical (unpaired) electrons. The molecule has 0 atom stereocenters. The summed E-state index contributed by atoms with van der Waals surface area (Å²) >= 11 is 0. The molecule has 5 heteroatoms. The first kappa shape index (κ1) is 17.5. The minimum Gasteiger partial charge on any atom is -0.463 e. The molecule has 0 bridgehead atoms. The molecule has 0 fully saturated rings. The van der Waals surface area contributed by atoms with Crippen molar-refractivity contribution in [2.75, 3.05) is 0 Å². The Morgan fingerprint density at radius 3 is 2.57 bits per heavy atom. The lowest BCUT2D eigenvalue weighted by Gasteiger charge is -2.12. The van der Waals surface area contributed by atoms with Crippen LogP contribution in [0, 0.1) is 0 Å². The van der Waals surface area contributed by atoms with E-state index < -0.39 is 0 Å². The average molecular weight is 370 g/mol. The lowest BCUT2D eigenvalue weighted by molar-refractivity contribution is 0.0948. The Morgan fingerprint density at radius 1 is 0.929 bits per heavy atom. The number of pyridine rings is 1. The van der Waals surface area contributed by atoms with Gasteiger partial charge in [0.25, 0.3) is 5.91 Å². The maximum Gasteiger partial charge on any atom is 0.255 e. The van der Waals surface area contributed by atoms with Crippen molar-refractivity contribution in [2.45, 2.75) is 6.54 Å². The molecule has 0 unspecified atom stereocenters. The molecule has 28 heavy (non-hydrogen) atoms. The highest BCUT2D eigenvalue weighted by molar-refractivity contribution is 5.97. The first-order valence-electron chi connectivity index (χ1n) is 8.89. The van der Waals surface area contributed by atoms with Crippen LogP contribution in [-0.2, 0) is 6.54 Å². The molecule has 4 rings (SSSR count). The molecule has 138 valence electrons. The van der Waals surface area contributed by atoms with Crippen LogP contribution in [-0.4, -0.2) is 10.9 Å². The van der Waals surface area contributed by atoms with Gasteiger partial charge in [-0.05, 0) is 42.5 Å². The van der Waals surface area contributed by atoms with Crippen LogP contribution in [0.15, 0.2) is 95.7 Å². The summed E-state index contributed by atoms with van der Waals surface area (Å²) in [5, 5.41) is 2.94. The number of hydrogen-bond donors (Lipinski definition) is 1. The van der Waals surface area contributed by atoms with E-state index in [1.807, 2.05) is 66.7 Å². The number of ether oxygens (including phenoxy) is 1. The highest BCUT2D eigenvalue weighted by atomic mass is 16.5. The Kier molecular flexibility index (Phi) is 5.15. The number of hydrogen-bond acceptors (Lipinski definition) is 4. The van der Waals surface area contributed by atoms with E-state index in [1.165, 1.54) is 0 Å². The lowest BCUT2D eigenvalue weighted by atomic mass is 10.1. The van der Waals surface area contributed by atoms with Crippen LogP contribution in [0.2, 0.25) is 0 Å². The molecule has 2 aromatic carbocycles. The van der Waals surface area contributed by atoms with Gasteiger partial charge in [0.1, 0.15) is 17.2 Å². The van der Waals surface area contributed by atoms with Gasteiger partial charge in [-0.15, -0.1) is 0 Å². The van der Waals surface area contributed by atoms with Crippen molar-refractivity contribution in [1.29, 1.82) is 0 Å². The van der Waals surface area contributed by atoms with Gasteiger partial charge < -0.3 is 14.5 Å². The van der Waals surface area contributed by atoms with E-state index in [-0.39, 0.29) is 5.91 Å². The van der Waals surface area contributed by atoms with Crippen molar-refractivity contribution >= 4 is 5.91 Å². The van der Waals surface area contributed by atoms with Crippen molar-refractivity contribution in [1.82, 2.24) is 10.3 Å². The normalized spacial score (nSPS) is 10.4. The van der Waals surface area contributed by atoms with Crippen molar-refractivity contribution < 1.29 is 13.9 Å². The van der Waals surface area contributed by atoms with Gasteiger partial charge in [0.2, 0.25) is 0 Å². The first-order valence-corrected chi connectivity index (χ1v) is 8.89. The first-order chi connectivity index (χ1) is 13.8. The molecule has 0 spiro atoms. The summed E-state index contributed by atoms with van der Waals surface area (Å²) in [7, 11) is 0. The van der Waals surface area contributed by atoms with Crippen LogP contribution in [0.1, 0.15) is 15.9 Å². The summed E-state index contributed by atoms with van der Waals surface area (Å²) in [5.74, 6) is 1.62. The van der Waals surface area contributed by atoms with Gasteiger partial charge in [-0.3, -0.25) is 9.78 Å². The van der Waals surface area contributed by atoms with Crippen molar-refractivity contribution in [3.8, 4) is 23.0 Å². The summed E-state index contributed by atoms with van der Waals surface area (Å²) in [6.45, 7) is 0.322. The number of carbonyl (C=O) groups excluding carboxylic acids is 1. The molecule has 2 aromatic heterocycles. The number of benzene rings is 2. The van der Waals surface area contributed by atoms with Crippen LogP contribution >= 0.6 is 0 Å². The summed E-state index contributed by atoms with van der Waals surface area (Å²) in [5.41, 5.74) is 2.05. The van der Waals surface area contributed by atoms with Crippen LogP contribution < -0.4 is 10.1 Å². The van der Waals surface area contributed by atoms with Gasteiger partial charge >= 0.3 is 0 Å². The van der Waals surface area contributed by atoms with E-state index in [4.69, 9.17) is 9.15 Å². The maximum absolute atomic E-state index is 12.8. The average Bonchev–Trinajstić information content (AvgIpc) is 3.28. The number of rotatable bonds is 6. The molecule has 1 N–H and O–H groups in total. The Labute approximate surface area is 162 Å². The third-order valence-corrected chi connectivity index (χ3v) is 4.19. The standard InChI is InChI=1S/C23H18N2O3/c26-23(19-11-4-5-12-20(19)28-18-9-2-1-3-10-18)25-16-17-8-6-14-24-22(17)21-13-7-15-27-21/h1-15H,16H2,(H,25,26). The maximum atomic E-state index is 12.8. The highest BCUT2D eigenvalue weighted by Gasteiger charge is 2.14. The predicted octanol–water partition coefficient (Wildman–Crippen LogP) is 5.06. The largest absolute Gasteiger partial charge is 0.463 e. The smallest absolute Gasteiger partial charge is 0.255 e. The molecule has 0 saturated heterocycles. The Bertz CT molecular complexity index is 1060. The fourth-order valence-corrected chi connectivity index (χ4v) is 2.85. The number of nitrogens with one attached hydrogen (secondary N) is 1. The van der Waals surface area contributed by atoms with E-state index in [2.05, 4.69) is 10.3 Å². The molecule has 2 heterocycles. The van der Waals surface area contributed by atoms with E-state index in [0.29, 0.717) is 35.1 Å². The SMILES string of the molecule is O=C(NCc1cccnc1-c1ccco1)c1ccccc1Oc1ccccc1. The fourth-order valence-electron chi connectivity index (χ4n) is 2.85. The summed E-state index contributed by atoms with van der Waals surface area (Å²) < 4.78 is 11.3. The number of furan rings is 1. The monoisotopic (exact) mass is 370 g/mol. The van der Waals surface area contributed by atoms with Gasteiger partial charge in [-0.2, -0.15) is 0 Å². The van der Waals surface area contributed by atoms with Crippen LogP contribution in [0.5, 0.6) is 11.5 Å². The number of amides is 1. The molecule has 0 saturated carbocycles. The lowest BCUT2D eigenvalue weighted by Crippen LogP contribution is -2.23. The quantitative estimate of drug-likeness (QED) is 0.515. The zero-order chi connectivity index (χ0) is 19.2. The minimum atomic E-state index is -0.222. The van der Waals surface area contributed by atoms with Gasteiger partial charge in [0.15, 0.2) is 5.76 Å². The van der Waals surface area contributed by atoms with Crippen LogP contribution in [0.3, 0.4) is 0 Å². The highest BCUT2D eigenvalue weighted by Crippen LogP contribution is 2.25. The topological polar surface area (TPSA) is 64.4 Å². The third kappa shape index (κ3) is 3.94. The summed E-state index contributed by atoms with van der Waals surface area (Å²) in [4.78, 5) is 17.2. The van der Waals surface area contributed by atoms with Crippen LogP contribution in [0.4, 0.5) is 0 Å². The van der Waals surface area contributed by atoms with Gasteiger partial charge in [0, 0.05) is 18.3 Å². The van der Waals surface area contributed by atoms with Gasteiger partial charge in [0.05, 0.1) is 11.8 Å². The fraction of sp³-hybridized carbons (Fsp3) is 0.0435. The van der Waals surface area contributed by atoms with E-state index in [1.54, 1.807) is 24.6 Å². The van der Waals surface area contributed by atoms with Crippen molar-refractivity contribution in [3.63, 3.8) is 0 Å². The second-order valence-electron chi connectivity index (χ2n) is 6.08. The molecule has 0 aliphatic rings. The zero-order valence-electron chi connectivity index (χ0n) is 15.0. The van der Waals surface area contributed by atoms with E-state index in [0.717, 1.165) is 5.56 Å². The number of nitrogens with zero attached hydrogens (tertiary/aromatic N) is 1. The number of aromatic nitrogens is 1. The van der Waals surface area contributed by atoms with Gasteiger partial charge in [-0.1, -0.05) is 36.4 Å². The van der Waals surface area contributed by atoms with E-state index in [9.17, 15) is 4.79 Å². The minimum absolute atomic E-state index is 0.222. The Morgan fingerprint density at radius 2 is 1.75 bits per heavy atom. The van der Waals surface area contributed by atoms with Crippen molar-refractivity contribution in [2.24, 2.45) is 0 Å². The van der Waals surface area contributed by atoms with Gasteiger partial charge in [-0.25, -0.2) is 0 Å². The molecule has 0 aliphatic heterocycles. The summed E-state index contributed by atoms with van der Waals surface area (Å²) in [6.07, 6.45) is 3.30. The molecular formula is C23H18N2O3. The Balaban J connectivity index is 1.51. The molecular weight excluding hydrogens is 352 g/mol. The second-order valence-corrected chi connectivity index (χ2v) is 6.08. The Hall–Kier alpha value is -3.86. The third-order valence-electron chi connectivity index (χ3n) is 4.19. The van der Waals surface area contributed by atoms with E-state index >= 15 is 0 Å². The van der Waals surface area contributed by atoms with Crippen molar-refractivity contribution in [3.05, 3.63) is 102 Å². The summed E-state index contributed by atoms with van der Waals surface area (Å²) in [6, 6.07) is 23.9. The number of carbonyl (C=O) groups is 1. The molecule has 0 aliphatic carbocycles. The zero-order valence-corrected chi connectivity index (χ0v) is 15.0. The predicted molar refractivity (Wildman–Crippen MR) is 106 cm³/mol. The molecule has 4 aromatic rings. The molecule has 1 amide bonds. The van der Waals surface area contributed by atoms with Crippen LogP contribution in [0.25, 0.3) is 11.5 Å². The second kappa shape index (κ2) is 8.22.